The molecule has 4 nitrogen and oxygen atoms in total. The highest BCUT2D eigenvalue weighted by atomic mass is 19.4. The van der Waals surface area contributed by atoms with E-state index in [1.165, 1.54) is 13.2 Å². The van der Waals surface area contributed by atoms with Crippen molar-refractivity contribution in [3.8, 4) is 0 Å². The molecule has 0 fully saturated rings. The number of pyridine rings is 1. The number of nitrogens with one attached hydrogen (secondary N) is 1. The van der Waals surface area contributed by atoms with Crippen molar-refractivity contribution in [2.45, 2.75) is 26.1 Å². The minimum absolute atomic E-state index is 0.0865. The molecule has 0 amide bonds. The van der Waals surface area contributed by atoms with Crippen molar-refractivity contribution in [1.29, 1.82) is 0 Å². The predicted octanol–water partition coefficient (Wildman–Crippen LogP) is 2.71. The summed E-state index contributed by atoms with van der Waals surface area (Å²) in [6, 6.07) is 1.43. The van der Waals surface area contributed by atoms with Crippen LogP contribution in [0.5, 0.6) is 0 Å². The van der Waals surface area contributed by atoms with Crippen molar-refractivity contribution in [2.75, 3.05) is 12.4 Å². The zero-order chi connectivity index (χ0) is 14.6. The van der Waals surface area contributed by atoms with Crippen LogP contribution < -0.4 is 5.32 Å². The minimum Gasteiger partial charge on any atom is -0.467 e. The molecule has 0 aliphatic heterocycles. The molecular weight excluding hydrogens is 261 g/mol. The molecule has 1 rings (SSSR count). The normalized spacial score (nSPS) is 13.2. The summed E-state index contributed by atoms with van der Waals surface area (Å²) in [5.41, 5.74) is -0.836. The minimum atomic E-state index is -4.43. The third-order valence-electron chi connectivity index (χ3n) is 2.52. The van der Waals surface area contributed by atoms with Gasteiger partial charge >= 0.3 is 12.1 Å². The first-order valence-electron chi connectivity index (χ1n) is 5.63. The topological polar surface area (TPSA) is 51.2 Å². The number of alkyl halides is 3. The third kappa shape index (κ3) is 4.11. The van der Waals surface area contributed by atoms with Crippen LogP contribution >= 0.6 is 0 Å². The van der Waals surface area contributed by atoms with Crippen molar-refractivity contribution < 1.29 is 22.7 Å². The monoisotopic (exact) mass is 276 g/mol. The van der Waals surface area contributed by atoms with Crippen LogP contribution in [-0.2, 0) is 15.7 Å². The lowest BCUT2D eigenvalue weighted by atomic mass is 10.0. The first kappa shape index (κ1) is 15.3. The van der Waals surface area contributed by atoms with Gasteiger partial charge in [-0.3, -0.25) is 0 Å². The Kier molecular flexibility index (Phi) is 4.74. The lowest BCUT2D eigenvalue weighted by Crippen LogP contribution is -2.35. The van der Waals surface area contributed by atoms with Crippen LogP contribution in [0.4, 0.5) is 19.0 Å². The number of nitrogens with zero attached hydrogens (tertiary/aromatic N) is 1. The van der Waals surface area contributed by atoms with E-state index in [0.29, 0.717) is 0 Å². The van der Waals surface area contributed by atoms with E-state index in [1.807, 2.05) is 0 Å². The average Bonchev–Trinajstić information content (AvgIpc) is 2.34. The molecule has 1 aromatic rings. The number of halogens is 3. The van der Waals surface area contributed by atoms with Gasteiger partial charge in [0.25, 0.3) is 0 Å². The van der Waals surface area contributed by atoms with Gasteiger partial charge in [-0.15, -0.1) is 0 Å². The van der Waals surface area contributed by atoms with E-state index in [4.69, 9.17) is 0 Å². The summed E-state index contributed by atoms with van der Waals surface area (Å²) in [6.45, 7) is 3.58. The summed E-state index contributed by atoms with van der Waals surface area (Å²) >= 11 is 0. The van der Waals surface area contributed by atoms with Crippen LogP contribution in [0.15, 0.2) is 18.3 Å². The third-order valence-corrected chi connectivity index (χ3v) is 2.52. The maximum absolute atomic E-state index is 12.4. The summed E-state index contributed by atoms with van der Waals surface area (Å²) in [5, 5.41) is 2.75. The van der Waals surface area contributed by atoms with Gasteiger partial charge in [0, 0.05) is 6.20 Å². The van der Waals surface area contributed by atoms with Gasteiger partial charge < -0.3 is 10.1 Å². The van der Waals surface area contributed by atoms with E-state index in [-0.39, 0.29) is 11.7 Å². The van der Waals surface area contributed by atoms with Gasteiger partial charge in [0.2, 0.25) is 0 Å². The molecule has 0 aliphatic rings. The van der Waals surface area contributed by atoms with Crippen LogP contribution in [0.1, 0.15) is 19.4 Å². The molecule has 1 unspecified atom stereocenters. The molecule has 0 aromatic carbocycles. The second-order valence-electron chi connectivity index (χ2n) is 4.32. The zero-order valence-electron chi connectivity index (χ0n) is 10.8. The number of hydrogen-bond donors (Lipinski definition) is 1. The van der Waals surface area contributed by atoms with E-state index >= 15 is 0 Å². The maximum atomic E-state index is 12.4. The quantitative estimate of drug-likeness (QED) is 0.859. The van der Waals surface area contributed by atoms with E-state index in [1.54, 1.807) is 13.8 Å². The van der Waals surface area contributed by atoms with Gasteiger partial charge in [-0.25, -0.2) is 9.78 Å². The van der Waals surface area contributed by atoms with Crippen LogP contribution in [0, 0.1) is 5.92 Å². The Labute approximate surface area is 109 Å². The molecule has 106 valence electrons. The van der Waals surface area contributed by atoms with E-state index in [9.17, 15) is 18.0 Å². The van der Waals surface area contributed by atoms with Crippen molar-refractivity contribution in [2.24, 2.45) is 5.92 Å². The standard InChI is InChI=1S/C12H15F3N2O2/c1-7(2)10(11(18)19-3)17-9-5-4-8(6-16-9)12(13,14)15/h4-7,10H,1-3H3,(H,16,17). The molecule has 1 aromatic heterocycles. The van der Waals surface area contributed by atoms with Crippen LogP contribution in [0.3, 0.4) is 0 Å². The van der Waals surface area contributed by atoms with Gasteiger partial charge in [-0.2, -0.15) is 13.2 Å². The number of ether oxygens (including phenoxy) is 1. The summed E-state index contributed by atoms with van der Waals surface area (Å²) in [7, 11) is 1.25. The summed E-state index contributed by atoms with van der Waals surface area (Å²) in [6.07, 6.45) is -3.71. The van der Waals surface area contributed by atoms with E-state index < -0.39 is 23.8 Å². The SMILES string of the molecule is COC(=O)C(Nc1ccc(C(F)(F)F)cn1)C(C)C. The lowest BCUT2D eigenvalue weighted by Gasteiger charge is -2.20. The molecule has 0 spiro atoms. The number of anilines is 1. The molecule has 0 bridgehead atoms. The van der Waals surface area contributed by atoms with Gasteiger partial charge in [-0.1, -0.05) is 13.8 Å². The number of aromatic nitrogens is 1. The van der Waals surface area contributed by atoms with Crippen molar-refractivity contribution >= 4 is 11.8 Å². The highest BCUT2D eigenvalue weighted by molar-refractivity contribution is 5.79. The Balaban J connectivity index is 2.84. The number of carbonyl (C=O) groups excluding carboxylic acids is 1. The fourth-order valence-corrected chi connectivity index (χ4v) is 1.43. The van der Waals surface area contributed by atoms with Gasteiger partial charge in [-0.05, 0) is 18.1 Å². The van der Waals surface area contributed by atoms with Crippen molar-refractivity contribution in [1.82, 2.24) is 4.98 Å². The number of esters is 1. The van der Waals surface area contributed by atoms with Crippen LogP contribution in [-0.4, -0.2) is 24.1 Å². The van der Waals surface area contributed by atoms with Crippen molar-refractivity contribution in [3.05, 3.63) is 23.9 Å². The second kappa shape index (κ2) is 5.90. The first-order chi connectivity index (χ1) is 8.75. The first-order valence-corrected chi connectivity index (χ1v) is 5.63. The Hall–Kier alpha value is -1.79. The molecule has 0 radical (unpaired) electrons. The Bertz CT molecular complexity index is 430. The largest absolute Gasteiger partial charge is 0.467 e. The molecule has 1 heterocycles. The number of methoxy groups -OCH3 is 1. The molecule has 7 heteroatoms. The summed E-state index contributed by atoms with van der Waals surface area (Å²) < 4.78 is 41.7. The maximum Gasteiger partial charge on any atom is 0.417 e. The molecule has 0 saturated carbocycles. The lowest BCUT2D eigenvalue weighted by molar-refractivity contribution is -0.142. The Morgan fingerprint density at radius 2 is 2.00 bits per heavy atom. The molecule has 0 aliphatic carbocycles. The highest BCUT2D eigenvalue weighted by Crippen LogP contribution is 2.29. The molecule has 19 heavy (non-hydrogen) atoms. The molecule has 1 atom stereocenters. The van der Waals surface area contributed by atoms with Gasteiger partial charge in [0.1, 0.15) is 11.9 Å². The molecular formula is C12H15F3N2O2. The molecule has 1 N–H and O–H groups in total. The Morgan fingerprint density at radius 1 is 1.37 bits per heavy atom. The number of hydrogen-bond acceptors (Lipinski definition) is 4. The number of rotatable bonds is 4. The summed E-state index contributed by atoms with van der Waals surface area (Å²) in [5.74, 6) is -0.384. The predicted molar refractivity (Wildman–Crippen MR) is 63.5 cm³/mol. The fourth-order valence-electron chi connectivity index (χ4n) is 1.43. The zero-order valence-corrected chi connectivity index (χ0v) is 10.8. The number of carbonyl (C=O) groups is 1. The van der Waals surface area contributed by atoms with E-state index in [2.05, 4.69) is 15.0 Å². The highest BCUT2D eigenvalue weighted by Gasteiger charge is 2.31. The van der Waals surface area contributed by atoms with Crippen molar-refractivity contribution in [3.63, 3.8) is 0 Å². The fraction of sp³-hybridized carbons (Fsp3) is 0.500. The molecule has 0 saturated heterocycles. The van der Waals surface area contributed by atoms with Crippen LogP contribution in [0.2, 0.25) is 0 Å². The Morgan fingerprint density at radius 3 is 2.37 bits per heavy atom. The smallest absolute Gasteiger partial charge is 0.417 e. The summed E-state index contributed by atoms with van der Waals surface area (Å²) in [4.78, 5) is 15.1. The second-order valence-corrected chi connectivity index (χ2v) is 4.32. The van der Waals surface area contributed by atoms with Gasteiger partial charge in [0.15, 0.2) is 0 Å². The van der Waals surface area contributed by atoms with Crippen LogP contribution in [0.25, 0.3) is 0 Å². The van der Waals surface area contributed by atoms with E-state index in [0.717, 1.165) is 12.3 Å². The average molecular weight is 276 g/mol. The van der Waals surface area contributed by atoms with Gasteiger partial charge in [0.05, 0.1) is 12.7 Å².